The minimum Gasteiger partial charge on any atom is -0.480 e. The molecule has 7 heteroatoms. The summed E-state index contributed by atoms with van der Waals surface area (Å²) >= 11 is 0. The molecule has 0 aliphatic rings. The molecule has 0 aliphatic carbocycles. The Morgan fingerprint density at radius 1 is 1.28 bits per heavy atom. The van der Waals surface area contributed by atoms with Crippen LogP contribution in [0.25, 0.3) is 5.69 Å². The maximum atomic E-state index is 12.6. The first-order valence-electron chi connectivity index (χ1n) is 8.02. The lowest BCUT2D eigenvalue weighted by molar-refractivity contribution is -0.140. The Morgan fingerprint density at radius 3 is 2.44 bits per heavy atom. The van der Waals surface area contributed by atoms with E-state index in [-0.39, 0.29) is 12.5 Å². The molecule has 0 fully saturated rings. The summed E-state index contributed by atoms with van der Waals surface area (Å²) in [6.45, 7) is 5.81. The molecular formula is C18H23N3O4. The van der Waals surface area contributed by atoms with Gasteiger partial charge in [0.1, 0.15) is 0 Å². The first kappa shape index (κ1) is 18.7. The highest BCUT2D eigenvalue weighted by Crippen LogP contribution is 2.23. The van der Waals surface area contributed by atoms with Crippen LogP contribution in [0.4, 0.5) is 0 Å². The van der Waals surface area contributed by atoms with E-state index < -0.39 is 17.9 Å². The van der Waals surface area contributed by atoms with Crippen molar-refractivity contribution in [2.45, 2.75) is 32.7 Å². The van der Waals surface area contributed by atoms with E-state index in [0.717, 1.165) is 16.9 Å². The lowest BCUT2D eigenvalue weighted by atomic mass is 10.0. The van der Waals surface area contributed by atoms with Crippen molar-refractivity contribution >= 4 is 11.9 Å². The van der Waals surface area contributed by atoms with Crippen LogP contribution in [0.3, 0.4) is 0 Å². The number of nitrogens with one attached hydrogen (secondary N) is 1. The summed E-state index contributed by atoms with van der Waals surface area (Å²) in [6.07, 6.45) is 1.47. The van der Waals surface area contributed by atoms with Crippen molar-refractivity contribution in [3.8, 4) is 5.69 Å². The molecule has 1 amide bonds. The van der Waals surface area contributed by atoms with Crippen LogP contribution < -0.4 is 5.32 Å². The number of rotatable bonds is 7. The smallest absolute Gasteiger partial charge is 0.328 e. The van der Waals surface area contributed by atoms with Gasteiger partial charge in [-0.3, -0.25) is 4.79 Å². The number of methoxy groups -OCH3 is 1. The molecule has 134 valence electrons. The number of carbonyl (C=O) groups is 2. The van der Waals surface area contributed by atoms with E-state index in [1.54, 1.807) is 4.68 Å². The van der Waals surface area contributed by atoms with Gasteiger partial charge in [0.25, 0.3) is 5.91 Å². The number of aromatic nitrogens is 2. The predicted molar refractivity (Wildman–Crippen MR) is 93.2 cm³/mol. The summed E-state index contributed by atoms with van der Waals surface area (Å²) in [4.78, 5) is 23.8. The largest absolute Gasteiger partial charge is 0.480 e. The molecular weight excluding hydrogens is 322 g/mol. The molecule has 2 rings (SSSR count). The van der Waals surface area contributed by atoms with E-state index in [1.807, 2.05) is 45.0 Å². The zero-order valence-electron chi connectivity index (χ0n) is 14.8. The zero-order valence-corrected chi connectivity index (χ0v) is 14.8. The Bertz CT molecular complexity index is 750. The fourth-order valence-corrected chi connectivity index (χ4v) is 2.56. The van der Waals surface area contributed by atoms with Crippen molar-refractivity contribution in [2.75, 3.05) is 13.7 Å². The summed E-state index contributed by atoms with van der Waals surface area (Å²) < 4.78 is 6.56. The topological polar surface area (TPSA) is 93.5 Å². The molecule has 1 unspecified atom stereocenters. The lowest BCUT2D eigenvalue weighted by Gasteiger charge is -2.16. The number of hydrogen-bond donors (Lipinski definition) is 2. The van der Waals surface area contributed by atoms with Crippen molar-refractivity contribution < 1.29 is 19.4 Å². The minimum absolute atomic E-state index is 0.0234. The molecule has 25 heavy (non-hydrogen) atoms. The SMILES string of the molecule is COCC(NC(=O)c1cnn(-c2ccc(C)cc2)c1C(C)C)C(=O)O. The number of benzene rings is 1. The van der Waals surface area contributed by atoms with Crippen molar-refractivity contribution in [1.29, 1.82) is 0 Å². The fraction of sp³-hybridized carbons (Fsp3) is 0.389. The van der Waals surface area contributed by atoms with E-state index in [2.05, 4.69) is 10.4 Å². The Balaban J connectivity index is 2.37. The molecule has 1 aromatic carbocycles. The number of carboxylic acids is 1. The lowest BCUT2D eigenvalue weighted by Crippen LogP contribution is -2.44. The number of carboxylic acid groups (broad SMARTS) is 1. The van der Waals surface area contributed by atoms with Gasteiger partial charge in [-0.2, -0.15) is 5.10 Å². The average Bonchev–Trinajstić information content (AvgIpc) is 3.00. The van der Waals surface area contributed by atoms with Gasteiger partial charge in [-0.25, -0.2) is 9.48 Å². The van der Waals surface area contributed by atoms with Gasteiger partial charge in [0.15, 0.2) is 6.04 Å². The third kappa shape index (κ3) is 4.24. The van der Waals surface area contributed by atoms with Gasteiger partial charge in [-0.05, 0) is 25.0 Å². The van der Waals surface area contributed by atoms with Gasteiger partial charge >= 0.3 is 5.97 Å². The summed E-state index contributed by atoms with van der Waals surface area (Å²) in [5.74, 6) is -1.60. The summed E-state index contributed by atoms with van der Waals surface area (Å²) in [7, 11) is 1.39. The van der Waals surface area contributed by atoms with Crippen LogP contribution in [0.5, 0.6) is 0 Å². The Morgan fingerprint density at radius 2 is 1.92 bits per heavy atom. The maximum absolute atomic E-state index is 12.6. The highest BCUT2D eigenvalue weighted by Gasteiger charge is 2.25. The van der Waals surface area contributed by atoms with Crippen LogP contribution in [-0.4, -0.2) is 46.5 Å². The zero-order chi connectivity index (χ0) is 18.6. The third-order valence-corrected chi connectivity index (χ3v) is 3.81. The van der Waals surface area contributed by atoms with Crippen LogP contribution in [0.15, 0.2) is 30.5 Å². The van der Waals surface area contributed by atoms with E-state index in [0.29, 0.717) is 5.56 Å². The predicted octanol–water partition coefficient (Wildman–Crippen LogP) is 2.13. The molecule has 0 aliphatic heterocycles. The molecule has 1 aromatic heterocycles. The van der Waals surface area contributed by atoms with E-state index >= 15 is 0 Å². The van der Waals surface area contributed by atoms with Crippen molar-refractivity contribution in [3.63, 3.8) is 0 Å². The highest BCUT2D eigenvalue weighted by molar-refractivity contribution is 5.97. The van der Waals surface area contributed by atoms with Gasteiger partial charge in [0.05, 0.1) is 29.7 Å². The molecule has 0 saturated heterocycles. The van der Waals surface area contributed by atoms with Crippen LogP contribution >= 0.6 is 0 Å². The van der Waals surface area contributed by atoms with Crippen molar-refractivity contribution in [3.05, 3.63) is 47.3 Å². The quantitative estimate of drug-likeness (QED) is 0.802. The first-order valence-corrected chi connectivity index (χ1v) is 8.02. The maximum Gasteiger partial charge on any atom is 0.328 e. The van der Waals surface area contributed by atoms with E-state index in [1.165, 1.54) is 13.3 Å². The van der Waals surface area contributed by atoms with Crippen LogP contribution in [0.2, 0.25) is 0 Å². The number of nitrogens with zero attached hydrogens (tertiary/aromatic N) is 2. The minimum atomic E-state index is -1.15. The second kappa shape index (κ2) is 7.94. The highest BCUT2D eigenvalue weighted by atomic mass is 16.5. The van der Waals surface area contributed by atoms with Gasteiger partial charge in [-0.15, -0.1) is 0 Å². The van der Waals surface area contributed by atoms with Crippen molar-refractivity contribution in [1.82, 2.24) is 15.1 Å². The second-order valence-electron chi connectivity index (χ2n) is 6.17. The third-order valence-electron chi connectivity index (χ3n) is 3.81. The number of ether oxygens (including phenoxy) is 1. The number of aliphatic carboxylic acids is 1. The van der Waals surface area contributed by atoms with Gasteiger partial charge in [-0.1, -0.05) is 31.5 Å². The molecule has 0 bridgehead atoms. The van der Waals surface area contributed by atoms with Gasteiger partial charge in [0, 0.05) is 7.11 Å². The van der Waals surface area contributed by atoms with Crippen molar-refractivity contribution in [2.24, 2.45) is 0 Å². The Hall–Kier alpha value is -2.67. The van der Waals surface area contributed by atoms with Crippen LogP contribution in [0.1, 0.15) is 41.4 Å². The Kier molecular flexibility index (Phi) is 5.93. The Labute approximate surface area is 146 Å². The van der Waals surface area contributed by atoms with E-state index in [9.17, 15) is 14.7 Å². The molecule has 0 saturated carbocycles. The summed E-state index contributed by atoms with van der Waals surface area (Å²) in [6, 6.07) is 6.70. The monoisotopic (exact) mass is 345 g/mol. The molecule has 1 atom stereocenters. The number of hydrogen-bond acceptors (Lipinski definition) is 4. The van der Waals surface area contributed by atoms with Crippen LogP contribution in [0, 0.1) is 6.92 Å². The normalized spacial score (nSPS) is 12.2. The number of amides is 1. The van der Waals surface area contributed by atoms with Crippen LogP contribution in [-0.2, 0) is 9.53 Å². The number of carbonyl (C=O) groups excluding carboxylic acids is 1. The average molecular weight is 345 g/mol. The summed E-state index contributed by atoms with van der Waals surface area (Å²) in [5.41, 5.74) is 3.06. The molecule has 0 spiro atoms. The molecule has 0 radical (unpaired) electrons. The number of aryl methyl sites for hydroxylation is 1. The van der Waals surface area contributed by atoms with E-state index in [4.69, 9.17) is 4.74 Å². The first-order chi connectivity index (χ1) is 11.8. The molecule has 2 N–H and O–H groups in total. The standard InChI is InChI=1S/C18H23N3O4/c1-11(2)16-14(17(22)20-15(10-25-4)18(23)24)9-19-21(16)13-7-5-12(3)6-8-13/h5-9,11,15H,10H2,1-4H3,(H,20,22)(H,23,24). The fourth-order valence-electron chi connectivity index (χ4n) is 2.56. The van der Waals surface area contributed by atoms with Gasteiger partial charge in [0.2, 0.25) is 0 Å². The van der Waals surface area contributed by atoms with Gasteiger partial charge < -0.3 is 15.2 Å². The molecule has 2 aromatic rings. The summed E-state index contributed by atoms with van der Waals surface area (Å²) in [5, 5.41) is 16.0. The molecule has 7 nitrogen and oxygen atoms in total. The molecule has 1 heterocycles. The second-order valence-corrected chi connectivity index (χ2v) is 6.17.